The lowest BCUT2D eigenvalue weighted by molar-refractivity contribution is -0.155. The first-order chi connectivity index (χ1) is 13.3. The quantitative estimate of drug-likeness (QED) is 0.752. The minimum absolute atomic E-state index is 0.00628. The first-order valence-electron chi connectivity index (χ1n) is 9.15. The molecule has 1 fully saturated rings. The fourth-order valence-corrected chi connectivity index (χ4v) is 5.06. The Hall–Kier alpha value is -2.67. The van der Waals surface area contributed by atoms with Crippen molar-refractivity contribution in [2.75, 3.05) is 16.8 Å². The molecule has 1 aliphatic rings. The van der Waals surface area contributed by atoms with Crippen molar-refractivity contribution in [3.05, 3.63) is 65.7 Å². The van der Waals surface area contributed by atoms with Crippen LogP contribution in [-0.2, 0) is 24.2 Å². The lowest BCUT2D eigenvalue weighted by atomic mass is 10.1. The smallest absolute Gasteiger partial charge is 0.307 e. The molecule has 0 aliphatic carbocycles. The molecule has 0 bridgehead atoms. The molecule has 0 aromatic heterocycles. The number of hydrogen-bond acceptors (Lipinski definition) is 5. The van der Waals surface area contributed by atoms with Gasteiger partial charge in [-0.1, -0.05) is 48.0 Å². The molecular formula is C21H23NO5S. The summed E-state index contributed by atoms with van der Waals surface area (Å²) in [5, 5.41) is 2.77. The van der Waals surface area contributed by atoms with Crippen molar-refractivity contribution in [3.8, 4) is 0 Å². The van der Waals surface area contributed by atoms with Crippen LogP contribution in [0.2, 0.25) is 0 Å². The van der Waals surface area contributed by atoms with Crippen LogP contribution in [0.25, 0.3) is 0 Å². The SMILES string of the molecule is Cc1ccc(NC(=O)[C@@H](OC(=O)C[C@@H]2CCS(=O)(=O)C2)c2ccccc2)cc1. The summed E-state index contributed by atoms with van der Waals surface area (Å²) in [6.07, 6.45) is -0.670. The van der Waals surface area contributed by atoms with Crippen LogP contribution in [0.3, 0.4) is 0 Å². The largest absolute Gasteiger partial charge is 0.447 e. The number of ether oxygens (including phenoxy) is 1. The van der Waals surface area contributed by atoms with Gasteiger partial charge in [-0.15, -0.1) is 0 Å². The lowest BCUT2D eigenvalue weighted by Crippen LogP contribution is -2.26. The Kier molecular flexibility index (Phi) is 6.14. The predicted octanol–water partition coefficient (Wildman–Crippen LogP) is 3.04. The Bertz CT molecular complexity index is 939. The van der Waals surface area contributed by atoms with E-state index in [9.17, 15) is 18.0 Å². The molecule has 148 valence electrons. The summed E-state index contributed by atoms with van der Waals surface area (Å²) >= 11 is 0. The highest BCUT2D eigenvalue weighted by atomic mass is 32.2. The van der Waals surface area contributed by atoms with E-state index in [0.29, 0.717) is 17.7 Å². The van der Waals surface area contributed by atoms with Gasteiger partial charge in [0.05, 0.1) is 11.5 Å². The first-order valence-corrected chi connectivity index (χ1v) is 11.0. The standard InChI is InChI=1S/C21H23NO5S/c1-15-7-9-18(10-8-15)22-21(24)20(17-5-3-2-4-6-17)27-19(23)13-16-11-12-28(25,26)14-16/h2-10,16,20H,11-14H2,1H3,(H,22,24)/t16-,20-/m0/s1. The molecule has 2 aromatic carbocycles. The Labute approximate surface area is 164 Å². The Morgan fingerprint density at radius 3 is 2.39 bits per heavy atom. The van der Waals surface area contributed by atoms with E-state index in [4.69, 9.17) is 4.74 Å². The van der Waals surface area contributed by atoms with E-state index in [1.165, 1.54) is 0 Å². The number of esters is 1. The van der Waals surface area contributed by atoms with Crippen LogP contribution in [0, 0.1) is 12.8 Å². The van der Waals surface area contributed by atoms with Gasteiger partial charge in [0.25, 0.3) is 5.91 Å². The third kappa shape index (κ3) is 5.42. The van der Waals surface area contributed by atoms with Crippen LogP contribution in [-0.4, -0.2) is 31.8 Å². The minimum atomic E-state index is -3.07. The van der Waals surface area contributed by atoms with Gasteiger partial charge < -0.3 is 10.1 Å². The van der Waals surface area contributed by atoms with E-state index in [0.717, 1.165) is 5.56 Å². The number of carbonyl (C=O) groups is 2. The van der Waals surface area contributed by atoms with Crippen molar-refractivity contribution < 1.29 is 22.7 Å². The molecule has 7 heteroatoms. The van der Waals surface area contributed by atoms with Gasteiger partial charge in [0, 0.05) is 17.7 Å². The van der Waals surface area contributed by atoms with Crippen molar-refractivity contribution in [2.45, 2.75) is 25.9 Å². The molecule has 0 spiro atoms. The van der Waals surface area contributed by atoms with Crippen molar-refractivity contribution in [1.29, 1.82) is 0 Å². The van der Waals surface area contributed by atoms with Gasteiger partial charge in [0.2, 0.25) is 6.10 Å². The predicted molar refractivity (Wildman–Crippen MR) is 106 cm³/mol. The normalized spacial score (nSPS) is 19.0. The summed E-state index contributed by atoms with van der Waals surface area (Å²) in [4.78, 5) is 25.2. The zero-order chi connectivity index (χ0) is 20.1. The summed E-state index contributed by atoms with van der Waals surface area (Å²) in [6, 6.07) is 16.1. The second-order valence-electron chi connectivity index (χ2n) is 7.11. The van der Waals surface area contributed by atoms with Crippen LogP contribution in [0.15, 0.2) is 54.6 Å². The molecule has 0 unspecified atom stereocenters. The molecular weight excluding hydrogens is 378 g/mol. The summed E-state index contributed by atoms with van der Waals surface area (Å²) < 4.78 is 28.6. The number of anilines is 1. The molecule has 28 heavy (non-hydrogen) atoms. The van der Waals surface area contributed by atoms with Crippen LogP contribution in [0.5, 0.6) is 0 Å². The molecule has 0 radical (unpaired) electrons. The number of amides is 1. The topological polar surface area (TPSA) is 89.5 Å². The van der Waals surface area contributed by atoms with Gasteiger partial charge >= 0.3 is 5.97 Å². The van der Waals surface area contributed by atoms with Crippen molar-refractivity contribution in [2.24, 2.45) is 5.92 Å². The monoisotopic (exact) mass is 401 g/mol. The van der Waals surface area contributed by atoms with Crippen molar-refractivity contribution in [1.82, 2.24) is 0 Å². The second-order valence-corrected chi connectivity index (χ2v) is 9.34. The second kappa shape index (κ2) is 8.56. The van der Waals surface area contributed by atoms with Crippen LogP contribution in [0.1, 0.15) is 30.1 Å². The number of aryl methyl sites for hydroxylation is 1. The number of carbonyl (C=O) groups excluding carboxylic acids is 2. The molecule has 0 saturated carbocycles. The number of rotatable bonds is 6. The number of hydrogen-bond donors (Lipinski definition) is 1. The highest BCUT2D eigenvalue weighted by Gasteiger charge is 2.32. The summed E-state index contributed by atoms with van der Waals surface area (Å²) in [7, 11) is -3.07. The van der Waals surface area contributed by atoms with E-state index in [1.54, 1.807) is 36.4 Å². The zero-order valence-electron chi connectivity index (χ0n) is 15.6. The third-order valence-corrected chi connectivity index (χ3v) is 6.53. The maximum atomic E-state index is 12.8. The fourth-order valence-electron chi connectivity index (χ4n) is 3.19. The molecule has 1 heterocycles. The highest BCUT2D eigenvalue weighted by Crippen LogP contribution is 2.25. The average molecular weight is 401 g/mol. The lowest BCUT2D eigenvalue weighted by Gasteiger charge is -2.19. The Morgan fingerprint density at radius 1 is 1.11 bits per heavy atom. The third-order valence-electron chi connectivity index (χ3n) is 4.69. The molecule has 1 amide bonds. The molecule has 2 aromatic rings. The van der Waals surface area contributed by atoms with E-state index in [-0.39, 0.29) is 23.8 Å². The van der Waals surface area contributed by atoms with Gasteiger partial charge in [-0.25, -0.2) is 8.42 Å². The average Bonchev–Trinajstić information content (AvgIpc) is 3.00. The minimum Gasteiger partial charge on any atom is -0.447 e. The maximum Gasteiger partial charge on any atom is 0.307 e. The van der Waals surface area contributed by atoms with Gasteiger partial charge in [0.1, 0.15) is 0 Å². The fraction of sp³-hybridized carbons (Fsp3) is 0.333. The van der Waals surface area contributed by atoms with E-state index < -0.39 is 27.8 Å². The number of sulfone groups is 1. The molecule has 1 saturated heterocycles. The van der Waals surface area contributed by atoms with Crippen LogP contribution in [0.4, 0.5) is 5.69 Å². The molecule has 2 atom stereocenters. The van der Waals surface area contributed by atoms with Gasteiger partial charge in [-0.2, -0.15) is 0 Å². The Balaban J connectivity index is 1.71. The van der Waals surface area contributed by atoms with Crippen LogP contribution >= 0.6 is 0 Å². The maximum absolute atomic E-state index is 12.8. The van der Waals surface area contributed by atoms with Gasteiger partial charge in [-0.05, 0) is 31.4 Å². The number of benzene rings is 2. The summed E-state index contributed by atoms with van der Waals surface area (Å²) in [5.74, 6) is -1.19. The van der Waals surface area contributed by atoms with Crippen molar-refractivity contribution >= 4 is 27.4 Å². The molecule has 1 N–H and O–H groups in total. The Morgan fingerprint density at radius 2 is 1.79 bits per heavy atom. The van der Waals surface area contributed by atoms with E-state index in [2.05, 4.69) is 5.32 Å². The molecule has 1 aliphatic heterocycles. The molecule has 3 rings (SSSR count). The van der Waals surface area contributed by atoms with Crippen molar-refractivity contribution in [3.63, 3.8) is 0 Å². The number of nitrogens with one attached hydrogen (secondary N) is 1. The zero-order valence-corrected chi connectivity index (χ0v) is 16.4. The van der Waals surface area contributed by atoms with Gasteiger partial charge in [-0.3, -0.25) is 9.59 Å². The first kappa shape index (κ1) is 20.1. The summed E-state index contributed by atoms with van der Waals surface area (Å²) in [6.45, 7) is 1.95. The van der Waals surface area contributed by atoms with Crippen LogP contribution < -0.4 is 5.32 Å². The van der Waals surface area contributed by atoms with E-state index in [1.807, 2.05) is 25.1 Å². The molecule has 6 nitrogen and oxygen atoms in total. The summed E-state index contributed by atoms with van der Waals surface area (Å²) in [5.41, 5.74) is 2.23. The highest BCUT2D eigenvalue weighted by molar-refractivity contribution is 7.91. The van der Waals surface area contributed by atoms with E-state index >= 15 is 0 Å². The van der Waals surface area contributed by atoms with Gasteiger partial charge in [0.15, 0.2) is 9.84 Å².